The van der Waals surface area contributed by atoms with E-state index >= 15 is 0 Å². The standard InChI is InChI=1S/C19H18BrN3O2S/c20-17-6-4-15(5-7-17)8-10-21-12-13-23-26(24,25)19-3-1-2-16-14-22-11-9-18(16)19/h1-11,14,21,23H,12-13H2/b10-8+. The summed E-state index contributed by atoms with van der Waals surface area (Å²) in [4.78, 5) is 4.29. The molecule has 0 amide bonds. The third kappa shape index (κ3) is 4.69. The van der Waals surface area contributed by atoms with Crippen LogP contribution in [0.25, 0.3) is 16.8 Å². The predicted molar refractivity (Wildman–Crippen MR) is 108 cm³/mol. The Kier molecular flexibility index (Phi) is 6.03. The van der Waals surface area contributed by atoms with Gasteiger partial charge in [0, 0.05) is 40.7 Å². The van der Waals surface area contributed by atoms with Gasteiger partial charge in [-0.2, -0.15) is 0 Å². The van der Waals surface area contributed by atoms with Crippen molar-refractivity contribution in [1.29, 1.82) is 0 Å². The summed E-state index contributed by atoms with van der Waals surface area (Å²) in [7, 11) is -3.58. The van der Waals surface area contributed by atoms with Crippen LogP contribution in [-0.2, 0) is 10.0 Å². The Morgan fingerprint density at radius 1 is 1.04 bits per heavy atom. The maximum Gasteiger partial charge on any atom is 0.241 e. The number of halogens is 1. The van der Waals surface area contributed by atoms with Crippen molar-refractivity contribution >= 4 is 42.8 Å². The lowest BCUT2D eigenvalue weighted by molar-refractivity contribution is 0.581. The van der Waals surface area contributed by atoms with Gasteiger partial charge in [-0.15, -0.1) is 0 Å². The Labute approximate surface area is 161 Å². The Hall–Kier alpha value is -2.22. The van der Waals surface area contributed by atoms with Crippen LogP contribution in [0.1, 0.15) is 5.56 Å². The molecule has 5 nitrogen and oxygen atoms in total. The molecule has 0 fully saturated rings. The van der Waals surface area contributed by atoms with E-state index in [9.17, 15) is 8.42 Å². The Morgan fingerprint density at radius 2 is 1.85 bits per heavy atom. The molecule has 7 heteroatoms. The fraction of sp³-hybridized carbons (Fsp3) is 0.105. The second-order valence-corrected chi connectivity index (χ2v) is 8.24. The molecule has 0 saturated heterocycles. The quantitative estimate of drug-likeness (QED) is 0.561. The van der Waals surface area contributed by atoms with E-state index in [1.807, 2.05) is 36.4 Å². The van der Waals surface area contributed by atoms with Crippen molar-refractivity contribution < 1.29 is 8.42 Å². The van der Waals surface area contributed by atoms with Crippen LogP contribution in [-0.4, -0.2) is 26.5 Å². The average molecular weight is 432 g/mol. The SMILES string of the molecule is O=S(=O)(NCCN/C=C/c1ccc(Br)cc1)c1cccc2cnccc12. The van der Waals surface area contributed by atoms with Gasteiger partial charge in [0.2, 0.25) is 10.0 Å². The summed E-state index contributed by atoms with van der Waals surface area (Å²) < 4.78 is 28.8. The van der Waals surface area contributed by atoms with Crippen molar-refractivity contribution in [2.75, 3.05) is 13.1 Å². The molecule has 0 aliphatic heterocycles. The van der Waals surface area contributed by atoms with Crippen LogP contribution in [0.3, 0.4) is 0 Å². The molecule has 0 aliphatic carbocycles. The first-order chi connectivity index (χ1) is 12.6. The van der Waals surface area contributed by atoms with E-state index in [0.29, 0.717) is 11.9 Å². The van der Waals surface area contributed by atoms with Crippen molar-refractivity contribution in [2.24, 2.45) is 0 Å². The first-order valence-electron chi connectivity index (χ1n) is 8.04. The second-order valence-electron chi connectivity index (χ2n) is 5.59. The highest BCUT2D eigenvalue weighted by Crippen LogP contribution is 2.21. The van der Waals surface area contributed by atoms with Gasteiger partial charge in [0.15, 0.2) is 0 Å². The maximum atomic E-state index is 12.6. The van der Waals surface area contributed by atoms with Crippen LogP contribution in [0.15, 0.2) is 76.5 Å². The zero-order chi connectivity index (χ0) is 18.4. The zero-order valence-corrected chi connectivity index (χ0v) is 16.3. The fourth-order valence-electron chi connectivity index (χ4n) is 2.47. The first kappa shape index (κ1) is 18.6. The van der Waals surface area contributed by atoms with E-state index in [-0.39, 0.29) is 11.4 Å². The Balaban J connectivity index is 1.56. The predicted octanol–water partition coefficient (Wildman–Crippen LogP) is 3.54. The number of hydrogen-bond donors (Lipinski definition) is 2. The summed E-state index contributed by atoms with van der Waals surface area (Å²) in [6.07, 6.45) is 6.98. The smallest absolute Gasteiger partial charge is 0.241 e. The van der Waals surface area contributed by atoms with E-state index < -0.39 is 10.0 Å². The van der Waals surface area contributed by atoms with Crippen LogP contribution in [0.4, 0.5) is 0 Å². The van der Waals surface area contributed by atoms with Crippen LogP contribution >= 0.6 is 15.9 Å². The number of aromatic nitrogens is 1. The van der Waals surface area contributed by atoms with Crippen molar-refractivity contribution in [2.45, 2.75) is 4.90 Å². The number of fused-ring (bicyclic) bond motifs is 1. The van der Waals surface area contributed by atoms with Gasteiger partial charge >= 0.3 is 0 Å². The van der Waals surface area contributed by atoms with Gasteiger partial charge < -0.3 is 5.32 Å². The maximum absolute atomic E-state index is 12.6. The fourth-order valence-corrected chi connectivity index (χ4v) is 4.00. The van der Waals surface area contributed by atoms with Gasteiger partial charge in [-0.3, -0.25) is 4.98 Å². The molecule has 3 aromatic rings. The first-order valence-corrected chi connectivity index (χ1v) is 10.3. The molecule has 26 heavy (non-hydrogen) atoms. The molecule has 134 valence electrons. The highest BCUT2D eigenvalue weighted by Gasteiger charge is 2.16. The summed E-state index contributed by atoms with van der Waals surface area (Å²) in [6, 6.07) is 14.8. The van der Waals surface area contributed by atoms with E-state index in [4.69, 9.17) is 0 Å². The number of rotatable bonds is 7. The highest BCUT2D eigenvalue weighted by molar-refractivity contribution is 9.10. The number of nitrogens with one attached hydrogen (secondary N) is 2. The molecule has 2 aromatic carbocycles. The van der Waals surface area contributed by atoms with Gasteiger partial charge in [0.1, 0.15) is 0 Å². The minimum absolute atomic E-state index is 0.266. The minimum atomic E-state index is -3.58. The molecule has 1 aromatic heterocycles. The summed E-state index contributed by atoms with van der Waals surface area (Å²) in [5.41, 5.74) is 1.06. The molecule has 0 aliphatic rings. The van der Waals surface area contributed by atoms with Crippen LogP contribution in [0.5, 0.6) is 0 Å². The van der Waals surface area contributed by atoms with Gasteiger partial charge in [-0.05, 0) is 42.1 Å². The van der Waals surface area contributed by atoms with Crippen molar-refractivity contribution in [1.82, 2.24) is 15.0 Å². The third-order valence-corrected chi connectivity index (χ3v) is 5.80. The molecule has 1 heterocycles. The second kappa shape index (κ2) is 8.44. The van der Waals surface area contributed by atoms with Crippen LogP contribution in [0, 0.1) is 0 Å². The molecule has 0 unspecified atom stereocenters. The summed E-state index contributed by atoms with van der Waals surface area (Å²) in [5.74, 6) is 0. The lowest BCUT2D eigenvalue weighted by Crippen LogP contribution is -2.30. The van der Waals surface area contributed by atoms with Gasteiger partial charge in [-0.1, -0.05) is 40.2 Å². The number of nitrogens with zero attached hydrogens (tertiary/aromatic N) is 1. The van der Waals surface area contributed by atoms with Crippen LogP contribution < -0.4 is 10.0 Å². The molecular formula is C19H18BrN3O2S. The zero-order valence-electron chi connectivity index (χ0n) is 13.9. The van der Waals surface area contributed by atoms with Gasteiger partial charge in [0.05, 0.1) is 4.90 Å². The number of hydrogen-bond acceptors (Lipinski definition) is 4. The van der Waals surface area contributed by atoms with Crippen molar-refractivity contribution in [3.05, 3.63) is 77.2 Å². The molecule has 0 bridgehead atoms. The van der Waals surface area contributed by atoms with Crippen molar-refractivity contribution in [3.8, 4) is 0 Å². The summed E-state index contributed by atoms with van der Waals surface area (Å²) >= 11 is 3.39. The molecule has 3 rings (SSSR count). The number of sulfonamides is 1. The van der Waals surface area contributed by atoms with E-state index in [1.165, 1.54) is 0 Å². The Bertz CT molecular complexity index is 1010. The highest BCUT2D eigenvalue weighted by atomic mass is 79.9. The molecule has 0 atom stereocenters. The monoisotopic (exact) mass is 431 g/mol. The summed E-state index contributed by atoms with van der Waals surface area (Å²) in [6.45, 7) is 0.771. The van der Waals surface area contributed by atoms with Gasteiger partial charge in [-0.25, -0.2) is 13.1 Å². The topological polar surface area (TPSA) is 71.1 Å². The van der Waals surface area contributed by atoms with Gasteiger partial charge in [0.25, 0.3) is 0 Å². The molecule has 0 radical (unpaired) electrons. The molecule has 0 saturated carbocycles. The third-order valence-electron chi connectivity index (χ3n) is 3.76. The van der Waals surface area contributed by atoms with E-state index in [2.05, 4.69) is 31.0 Å². The minimum Gasteiger partial charge on any atom is -0.390 e. The summed E-state index contributed by atoms with van der Waals surface area (Å²) in [5, 5.41) is 4.54. The Morgan fingerprint density at radius 3 is 2.65 bits per heavy atom. The normalized spacial score (nSPS) is 11.9. The molecule has 0 spiro atoms. The largest absolute Gasteiger partial charge is 0.390 e. The lowest BCUT2D eigenvalue weighted by Gasteiger charge is -2.09. The lowest BCUT2D eigenvalue weighted by atomic mass is 10.2. The molecule has 2 N–H and O–H groups in total. The van der Waals surface area contributed by atoms with E-state index in [1.54, 1.807) is 36.8 Å². The van der Waals surface area contributed by atoms with E-state index in [0.717, 1.165) is 15.4 Å². The van der Waals surface area contributed by atoms with Crippen molar-refractivity contribution in [3.63, 3.8) is 0 Å². The number of benzene rings is 2. The average Bonchev–Trinajstić information content (AvgIpc) is 2.65. The van der Waals surface area contributed by atoms with Crippen LogP contribution in [0.2, 0.25) is 0 Å². The number of pyridine rings is 1. The molecular weight excluding hydrogens is 414 g/mol.